The summed E-state index contributed by atoms with van der Waals surface area (Å²) >= 11 is 1.89. The number of aryl methyl sites for hydroxylation is 2. The number of thioether (sulfide) groups is 1. The fourth-order valence-corrected chi connectivity index (χ4v) is 2.39. The molecule has 1 rings (SSSR count). The summed E-state index contributed by atoms with van der Waals surface area (Å²) < 4.78 is 0. The van der Waals surface area contributed by atoms with Crippen LogP contribution in [-0.2, 0) is 0 Å². The molecule has 0 bridgehead atoms. The van der Waals surface area contributed by atoms with Gasteiger partial charge in [0.05, 0.1) is 0 Å². The van der Waals surface area contributed by atoms with Crippen LogP contribution in [0.4, 0.5) is 0 Å². The van der Waals surface area contributed by atoms with E-state index in [-0.39, 0.29) is 0 Å². The second-order valence-electron chi connectivity index (χ2n) is 3.55. The first-order valence-electron chi connectivity index (χ1n) is 5.05. The summed E-state index contributed by atoms with van der Waals surface area (Å²) in [6.07, 6.45) is 2.01. The van der Waals surface area contributed by atoms with Crippen LogP contribution in [0, 0.1) is 13.8 Å². The molecule has 0 unspecified atom stereocenters. The first-order valence-corrected chi connectivity index (χ1v) is 6.03. The molecule has 0 heterocycles. The number of unbranched alkanes of at least 4 members (excludes halogenated alkanes) is 1. The van der Waals surface area contributed by atoms with Crippen molar-refractivity contribution in [3.8, 4) is 0 Å². The Bertz CT molecular complexity index is 284. The molecule has 0 saturated carbocycles. The molecule has 2 heteroatoms. The van der Waals surface area contributed by atoms with Gasteiger partial charge in [0.2, 0.25) is 0 Å². The van der Waals surface area contributed by atoms with Crippen LogP contribution in [0.25, 0.3) is 0 Å². The molecule has 14 heavy (non-hydrogen) atoms. The highest BCUT2D eigenvalue weighted by molar-refractivity contribution is 7.99. The Kier molecular flexibility index (Phi) is 5.05. The molecule has 0 radical (unpaired) electrons. The molecule has 0 spiro atoms. The standard InChI is InChI=1S/C12H18OS/c1-10-5-6-11(2)12(9-10)14-8-4-3-7-13/h5-6,9,13H,3-4,7-8H2,1-2H3. The van der Waals surface area contributed by atoms with Gasteiger partial charge in [0.15, 0.2) is 0 Å². The maximum absolute atomic E-state index is 8.65. The SMILES string of the molecule is Cc1ccc(C)c(SCCCCO)c1. The lowest BCUT2D eigenvalue weighted by atomic mass is 10.2. The Morgan fingerprint density at radius 2 is 2.00 bits per heavy atom. The monoisotopic (exact) mass is 210 g/mol. The summed E-state index contributed by atoms with van der Waals surface area (Å²) in [5, 5.41) is 8.65. The number of aliphatic hydroxyl groups excluding tert-OH is 1. The zero-order valence-electron chi connectivity index (χ0n) is 8.92. The third kappa shape index (κ3) is 3.72. The molecule has 0 aliphatic carbocycles. The molecule has 0 aliphatic heterocycles. The highest BCUT2D eigenvalue weighted by Gasteiger charge is 1.98. The summed E-state index contributed by atoms with van der Waals surface area (Å²) in [6, 6.07) is 6.55. The predicted molar refractivity (Wildman–Crippen MR) is 63.0 cm³/mol. The van der Waals surface area contributed by atoms with E-state index in [4.69, 9.17) is 5.11 Å². The van der Waals surface area contributed by atoms with Crippen molar-refractivity contribution < 1.29 is 5.11 Å². The zero-order valence-corrected chi connectivity index (χ0v) is 9.73. The van der Waals surface area contributed by atoms with Crippen LogP contribution in [0.1, 0.15) is 24.0 Å². The van der Waals surface area contributed by atoms with Gasteiger partial charge in [-0.1, -0.05) is 17.7 Å². The Morgan fingerprint density at radius 3 is 2.71 bits per heavy atom. The van der Waals surface area contributed by atoms with E-state index < -0.39 is 0 Å². The smallest absolute Gasteiger partial charge is 0.0431 e. The lowest BCUT2D eigenvalue weighted by Crippen LogP contribution is -1.87. The van der Waals surface area contributed by atoms with Gasteiger partial charge in [-0.2, -0.15) is 0 Å². The van der Waals surface area contributed by atoms with Crippen molar-refractivity contribution in [2.24, 2.45) is 0 Å². The van der Waals surface area contributed by atoms with Crippen molar-refractivity contribution >= 4 is 11.8 Å². The second-order valence-corrected chi connectivity index (χ2v) is 4.68. The van der Waals surface area contributed by atoms with E-state index in [1.54, 1.807) is 0 Å². The minimum atomic E-state index is 0.313. The average molecular weight is 210 g/mol. The minimum absolute atomic E-state index is 0.313. The fourth-order valence-electron chi connectivity index (χ4n) is 1.26. The quantitative estimate of drug-likeness (QED) is 0.595. The molecule has 78 valence electrons. The van der Waals surface area contributed by atoms with E-state index in [2.05, 4.69) is 32.0 Å². The van der Waals surface area contributed by atoms with Gasteiger partial charge in [0.1, 0.15) is 0 Å². The van der Waals surface area contributed by atoms with E-state index in [9.17, 15) is 0 Å². The number of rotatable bonds is 5. The predicted octanol–water partition coefficient (Wildman–Crippen LogP) is 3.17. The Labute approximate surface area is 90.5 Å². The van der Waals surface area contributed by atoms with Gasteiger partial charge in [-0.05, 0) is 44.1 Å². The molecule has 1 aromatic rings. The fraction of sp³-hybridized carbons (Fsp3) is 0.500. The number of benzene rings is 1. The molecule has 0 amide bonds. The second kappa shape index (κ2) is 6.10. The summed E-state index contributed by atoms with van der Waals surface area (Å²) in [5.41, 5.74) is 2.67. The molecular formula is C12H18OS. The minimum Gasteiger partial charge on any atom is -0.396 e. The lowest BCUT2D eigenvalue weighted by molar-refractivity contribution is 0.287. The van der Waals surface area contributed by atoms with Gasteiger partial charge in [0, 0.05) is 11.5 Å². The maximum Gasteiger partial charge on any atom is 0.0431 e. The van der Waals surface area contributed by atoms with Crippen LogP contribution in [-0.4, -0.2) is 17.5 Å². The number of hydrogen-bond donors (Lipinski definition) is 1. The zero-order chi connectivity index (χ0) is 10.4. The van der Waals surface area contributed by atoms with Crippen LogP contribution < -0.4 is 0 Å². The number of hydrogen-bond acceptors (Lipinski definition) is 2. The Hall–Kier alpha value is -0.470. The van der Waals surface area contributed by atoms with E-state index in [0.29, 0.717) is 6.61 Å². The van der Waals surface area contributed by atoms with Crippen LogP contribution in [0.3, 0.4) is 0 Å². The van der Waals surface area contributed by atoms with E-state index in [1.807, 2.05) is 11.8 Å². The highest BCUT2D eigenvalue weighted by Crippen LogP contribution is 2.24. The Morgan fingerprint density at radius 1 is 1.21 bits per heavy atom. The number of aliphatic hydroxyl groups is 1. The van der Waals surface area contributed by atoms with E-state index in [0.717, 1.165) is 18.6 Å². The molecule has 0 saturated heterocycles. The Balaban J connectivity index is 2.45. The normalized spacial score (nSPS) is 10.5. The van der Waals surface area contributed by atoms with Crippen LogP contribution >= 0.6 is 11.8 Å². The first kappa shape index (κ1) is 11.6. The van der Waals surface area contributed by atoms with Crippen LogP contribution in [0.5, 0.6) is 0 Å². The van der Waals surface area contributed by atoms with Gasteiger partial charge in [-0.15, -0.1) is 11.8 Å². The van der Waals surface area contributed by atoms with Gasteiger partial charge < -0.3 is 5.11 Å². The van der Waals surface area contributed by atoms with Crippen LogP contribution in [0.2, 0.25) is 0 Å². The van der Waals surface area contributed by atoms with Crippen LogP contribution in [0.15, 0.2) is 23.1 Å². The topological polar surface area (TPSA) is 20.2 Å². The maximum atomic E-state index is 8.65. The van der Waals surface area contributed by atoms with Crippen molar-refractivity contribution in [2.45, 2.75) is 31.6 Å². The van der Waals surface area contributed by atoms with Gasteiger partial charge in [-0.3, -0.25) is 0 Å². The third-order valence-corrected chi connectivity index (χ3v) is 3.40. The summed E-state index contributed by atoms with van der Waals surface area (Å²) in [6.45, 7) is 4.58. The van der Waals surface area contributed by atoms with E-state index >= 15 is 0 Å². The summed E-state index contributed by atoms with van der Waals surface area (Å²) in [5.74, 6) is 1.10. The first-order chi connectivity index (χ1) is 6.74. The molecule has 1 aromatic carbocycles. The van der Waals surface area contributed by atoms with Gasteiger partial charge >= 0.3 is 0 Å². The van der Waals surface area contributed by atoms with Gasteiger partial charge in [0.25, 0.3) is 0 Å². The third-order valence-electron chi connectivity index (χ3n) is 2.15. The summed E-state index contributed by atoms with van der Waals surface area (Å²) in [7, 11) is 0. The molecule has 0 aromatic heterocycles. The van der Waals surface area contributed by atoms with Crippen molar-refractivity contribution in [1.82, 2.24) is 0 Å². The average Bonchev–Trinajstić information content (AvgIpc) is 2.18. The molecule has 1 N–H and O–H groups in total. The highest BCUT2D eigenvalue weighted by atomic mass is 32.2. The molecule has 1 nitrogen and oxygen atoms in total. The van der Waals surface area contributed by atoms with Gasteiger partial charge in [-0.25, -0.2) is 0 Å². The summed E-state index contributed by atoms with van der Waals surface area (Å²) in [4.78, 5) is 1.38. The van der Waals surface area contributed by atoms with Crippen molar-refractivity contribution in [3.63, 3.8) is 0 Å². The van der Waals surface area contributed by atoms with E-state index in [1.165, 1.54) is 16.0 Å². The van der Waals surface area contributed by atoms with Crippen molar-refractivity contribution in [3.05, 3.63) is 29.3 Å². The molecule has 0 atom stereocenters. The van der Waals surface area contributed by atoms with Crippen molar-refractivity contribution in [2.75, 3.05) is 12.4 Å². The molecule has 0 aliphatic rings. The largest absolute Gasteiger partial charge is 0.396 e. The van der Waals surface area contributed by atoms with Crippen molar-refractivity contribution in [1.29, 1.82) is 0 Å². The molecule has 0 fully saturated rings. The lowest BCUT2D eigenvalue weighted by Gasteiger charge is -2.06. The molecular weight excluding hydrogens is 192 g/mol.